The summed E-state index contributed by atoms with van der Waals surface area (Å²) < 4.78 is 0. The first-order valence-electron chi connectivity index (χ1n) is 6.62. The molecule has 1 saturated heterocycles. The number of benzene rings is 2. The summed E-state index contributed by atoms with van der Waals surface area (Å²) in [6, 6.07) is 14.7. The predicted octanol–water partition coefficient (Wildman–Crippen LogP) is 3.43. The van der Waals surface area contributed by atoms with E-state index < -0.39 is 0 Å². The van der Waals surface area contributed by atoms with Crippen molar-refractivity contribution in [2.75, 3.05) is 6.54 Å². The molecule has 2 atom stereocenters. The average Bonchev–Trinajstić information content (AvgIpc) is 2.76. The number of likely N-dealkylation sites (tertiary alicyclic amines) is 1. The molecule has 98 valence electrons. The predicted molar refractivity (Wildman–Crippen MR) is 81.5 cm³/mol. The quantitative estimate of drug-likeness (QED) is 0.830. The van der Waals surface area contributed by atoms with Crippen LogP contribution in [0.2, 0.25) is 0 Å². The lowest BCUT2D eigenvalue weighted by Crippen LogP contribution is -2.28. The Labute approximate surface area is 118 Å². The summed E-state index contributed by atoms with van der Waals surface area (Å²) in [6.45, 7) is 2.85. The van der Waals surface area contributed by atoms with Crippen molar-refractivity contribution in [3.63, 3.8) is 0 Å². The van der Waals surface area contributed by atoms with Crippen LogP contribution in [-0.4, -0.2) is 22.6 Å². The SMILES string of the molecule is C[C@@H](c1cccc2ccccc12)N1CC(S)CC1=O. The van der Waals surface area contributed by atoms with E-state index in [9.17, 15) is 4.79 Å². The number of nitrogens with zero attached hydrogens (tertiary/aromatic N) is 1. The molecule has 2 nitrogen and oxygen atoms in total. The Morgan fingerprint density at radius 3 is 2.68 bits per heavy atom. The molecule has 3 rings (SSSR count). The summed E-state index contributed by atoms with van der Waals surface area (Å²) in [4.78, 5) is 14.0. The van der Waals surface area contributed by atoms with Crippen molar-refractivity contribution in [2.24, 2.45) is 0 Å². The molecule has 1 amide bonds. The number of carbonyl (C=O) groups is 1. The number of amides is 1. The molecule has 2 aromatic rings. The minimum Gasteiger partial charge on any atom is -0.335 e. The molecule has 1 heterocycles. The van der Waals surface area contributed by atoms with Gasteiger partial charge in [-0.3, -0.25) is 4.79 Å². The Hall–Kier alpha value is -1.48. The molecule has 1 aliphatic heterocycles. The Morgan fingerprint density at radius 2 is 1.95 bits per heavy atom. The van der Waals surface area contributed by atoms with E-state index in [-0.39, 0.29) is 17.2 Å². The molecule has 3 heteroatoms. The number of fused-ring (bicyclic) bond motifs is 1. The number of hydrogen-bond acceptors (Lipinski definition) is 2. The van der Waals surface area contributed by atoms with E-state index in [4.69, 9.17) is 0 Å². The van der Waals surface area contributed by atoms with Crippen molar-refractivity contribution in [2.45, 2.75) is 24.6 Å². The van der Waals surface area contributed by atoms with E-state index in [2.05, 4.69) is 49.9 Å². The van der Waals surface area contributed by atoms with Gasteiger partial charge in [-0.05, 0) is 23.3 Å². The third-order valence-corrected chi connectivity index (χ3v) is 4.22. The van der Waals surface area contributed by atoms with Gasteiger partial charge in [0.1, 0.15) is 0 Å². The third-order valence-electron chi connectivity index (χ3n) is 3.88. The minimum absolute atomic E-state index is 0.107. The van der Waals surface area contributed by atoms with Crippen LogP contribution in [0.5, 0.6) is 0 Å². The fourth-order valence-corrected chi connectivity index (χ4v) is 3.20. The Balaban J connectivity index is 2.02. The molecule has 1 fully saturated rings. The maximum Gasteiger partial charge on any atom is 0.224 e. The summed E-state index contributed by atoms with van der Waals surface area (Å²) in [6.07, 6.45) is 0.554. The molecule has 0 saturated carbocycles. The highest BCUT2D eigenvalue weighted by Crippen LogP contribution is 2.31. The van der Waals surface area contributed by atoms with Gasteiger partial charge in [0, 0.05) is 18.2 Å². The lowest BCUT2D eigenvalue weighted by atomic mass is 9.99. The lowest BCUT2D eigenvalue weighted by Gasteiger charge is -2.26. The maximum absolute atomic E-state index is 12.0. The zero-order chi connectivity index (χ0) is 13.4. The molecule has 1 aliphatic rings. The highest BCUT2D eigenvalue weighted by molar-refractivity contribution is 7.81. The molecule has 0 spiro atoms. The Kier molecular flexibility index (Phi) is 3.23. The Bertz CT molecular complexity index is 620. The molecule has 19 heavy (non-hydrogen) atoms. The highest BCUT2D eigenvalue weighted by Gasteiger charge is 2.31. The summed E-state index contributed by atoms with van der Waals surface area (Å²) in [5.74, 6) is 0.209. The minimum atomic E-state index is 0.107. The molecule has 0 bridgehead atoms. The summed E-state index contributed by atoms with van der Waals surface area (Å²) in [5, 5.41) is 2.62. The lowest BCUT2D eigenvalue weighted by molar-refractivity contribution is -0.129. The van der Waals surface area contributed by atoms with Gasteiger partial charge in [-0.2, -0.15) is 12.6 Å². The average molecular weight is 271 g/mol. The molecule has 1 unspecified atom stereocenters. The summed E-state index contributed by atoms with van der Waals surface area (Å²) in [5.41, 5.74) is 1.22. The normalized spacial score (nSPS) is 21.1. The first-order valence-corrected chi connectivity index (χ1v) is 7.13. The van der Waals surface area contributed by atoms with Crippen LogP contribution in [0.1, 0.15) is 24.9 Å². The van der Waals surface area contributed by atoms with Crippen molar-refractivity contribution in [1.29, 1.82) is 0 Å². The van der Waals surface area contributed by atoms with Gasteiger partial charge in [-0.25, -0.2) is 0 Å². The molecule has 0 N–H and O–H groups in total. The topological polar surface area (TPSA) is 20.3 Å². The first kappa shape index (κ1) is 12.5. The van der Waals surface area contributed by atoms with Crippen LogP contribution in [0.25, 0.3) is 10.8 Å². The first-order chi connectivity index (χ1) is 9.16. The fraction of sp³-hybridized carbons (Fsp3) is 0.312. The third kappa shape index (κ3) is 2.23. The second kappa shape index (κ2) is 4.89. The van der Waals surface area contributed by atoms with Gasteiger partial charge in [-0.1, -0.05) is 42.5 Å². The van der Waals surface area contributed by atoms with Crippen molar-refractivity contribution < 1.29 is 4.79 Å². The number of rotatable bonds is 2. The zero-order valence-corrected chi connectivity index (χ0v) is 11.8. The largest absolute Gasteiger partial charge is 0.335 e. The summed E-state index contributed by atoms with van der Waals surface area (Å²) >= 11 is 4.43. The molecule has 0 aromatic heterocycles. The fourth-order valence-electron chi connectivity index (χ4n) is 2.87. The van der Waals surface area contributed by atoms with Crippen LogP contribution < -0.4 is 0 Å². The second-order valence-electron chi connectivity index (χ2n) is 5.15. The smallest absolute Gasteiger partial charge is 0.224 e. The van der Waals surface area contributed by atoms with Crippen molar-refractivity contribution in [3.8, 4) is 0 Å². The van der Waals surface area contributed by atoms with E-state index >= 15 is 0 Å². The van der Waals surface area contributed by atoms with Gasteiger partial charge >= 0.3 is 0 Å². The second-order valence-corrected chi connectivity index (χ2v) is 5.88. The van der Waals surface area contributed by atoms with Crippen LogP contribution in [0.3, 0.4) is 0 Å². The van der Waals surface area contributed by atoms with E-state index in [0.29, 0.717) is 6.42 Å². The van der Waals surface area contributed by atoms with Gasteiger partial charge in [0.05, 0.1) is 6.04 Å². The van der Waals surface area contributed by atoms with Gasteiger partial charge < -0.3 is 4.90 Å². The molecule has 0 radical (unpaired) electrons. The van der Waals surface area contributed by atoms with Crippen LogP contribution >= 0.6 is 12.6 Å². The number of carbonyl (C=O) groups excluding carboxylic acids is 1. The molecular weight excluding hydrogens is 254 g/mol. The van der Waals surface area contributed by atoms with Gasteiger partial charge in [0.15, 0.2) is 0 Å². The van der Waals surface area contributed by atoms with Crippen molar-refractivity contribution >= 4 is 29.3 Å². The van der Waals surface area contributed by atoms with Gasteiger partial charge in [0.2, 0.25) is 5.91 Å². The summed E-state index contributed by atoms with van der Waals surface area (Å²) in [7, 11) is 0. The van der Waals surface area contributed by atoms with Crippen LogP contribution in [-0.2, 0) is 4.79 Å². The zero-order valence-electron chi connectivity index (χ0n) is 10.9. The van der Waals surface area contributed by atoms with Gasteiger partial charge in [-0.15, -0.1) is 0 Å². The van der Waals surface area contributed by atoms with Crippen molar-refractivity contribution in [3.05, 3.63) is 48.0 Å². The highest BCUT2D eigenvalue weighted by atomic mass is 32.1. The number of hydrogen-bond donors (Lipinski definition) is 1. The van der Waals surface area contributed by atoms with E-state index in [1.165, 1.54) is 16.3 Å². The maximum atomic E-state index is 12.0. The van der Waals surface area contributed by atoms with E-state index in [1.807, 2.05) is 17.0 Å². The standard InChI is InChI=1S/C16H17NOS/c1-11(17-10-13(19)9-16(17)18)14-8-4-6-12-5-2-3-7-15(12)14/h2-8,11,13,19H,9-10H2,1H3/t11-,13?/m0/s1. The van der Waals surface area contributed by atoms with Gasteiger partial charge in [0.25, 0.3) is 0 Å². The molecule has 0 aliphatic carbocycles. The Morgan fingerprint density at radius 1 is 1.21 bits per heavy atom. The molecular formula is C16H17NOS. The van der Waals surface area contributed by atoms with Crippen molar-refractivity contribution in [1.82, 2.24) is 4.90 Å². The molecule has 2 aromatic carbocycles. The van der Waals surface area contributed by atoms with E-state index in [0.717, 1.165) is 6.54 Å². The van der Waals surface area contributed by atoms with E-state index in [1.54, 1.807) is 0 Å². The number of thiol groups is 1. The van der Waals surface area contributed by atoms with Crippen LogP contribution in [0.15, 0.2) is 42.5 Å². The van der Waals surface area contributed by atoms with Crippen LogP contribution in [0.4, 0.5) is 0 Å². The van der Waals surface area contributed by atoms with Crippen LogP contribution in [0, 0.1) is 0 Å². The monoisotopic (exact) mass is 271 g/mol.